The molecule has 26 heavy (non-hydrogen) atoms. The summed E-state index contributed by atoms with van der Waals surface area (Å²) in [6.07, 6.45) is 15.1. The van der Waals surface area contributed by atoms with Gasteiger partial charge in [0.1, 0.15) is 0 Å². The minimum Gasteiger partial charge on any atom is -0.0988 e. The highest BCUT2D eigenvalue weighted by Gasteiger charge is 2.88. The molecule has 0 heteroatoms. The summed E-state index contributed by atoms with van der Waals surface area (Å²) in [7, 11) is 0. The van der Waals surface area contributed by atoms with Crippen molar-refractivity contribution in [2.75, 3.05) is 0 Å². The van der Waals surface area contributed by atoms with Crippen LogP contribution >= 0.6 is 0 Å². The molecule has 0 aromatic carbocycles. The Hall–Kier alpha value is -0.520. The summed E-state index contributed by atoms with van der Waals surface area (Å²) in [5, 5.41) is 0. The molecule has 13 aliphatic rings. The number of hydrogen-bond acceptors (Lipinski definition) is 0. The lowest BCUT2D eigenvalue weighted by molar-refractivity contribution is -0.437. The molecule has 0 amide bonds. The molecule has 0 radical (unpaired) electrons. The Labute approximate surface area is 157 Å². The van der Waals surface area contributed by atoms with Gasteiger partial charge in [-0.25, -0.2) is 0 Å². The van der Waals surface area contributed by atoms with Gasteiger partial charge in [0.05, 0.1) is 0 Å². The SMILES string of the molecule is C=CC(=C)C12C[C@@H]3C4CC56CC7C[C@H]8C9CC(C1)([C@@H]3[C@H]5[C@H]9C7)[C@@H]([C@H]86)[C@@H]4C2. The minimum atomic E-state index is 0.480. The van der Waals surface area contributed by atoms with Crippen LogP contribution in [0.15, 0.2) is 24.8 Å². The third kappa shape index (κ3) is 0.972. The highest BCUT2D eigenvalue weighted by Crippen LogP contribution is 2.94. The first-order chi connectivity index (χ1) is 12.6. The predicted molar refractivity (Wildman–Crippen MR) is 102 cm³/mol. The molecule has 136 valence electrons. The van der Waals surface area contributed by atoms with E-state index in [-0.39, 0.29) is 0 Å². The lowest BCUT2D eigenvalue weighted by Crippen LogP contribution is -2.86. The normalized spacial score (nSPS) is 76.4. The summed E-state index contributed by atoms with van der Waals surface area (Å²) < 4.78 is 0. The van der Waals surface area contributed by atoms with Crippen LogP contribution in [-0.4, -0.2) is 0 Å². The highest BCUT2D eigenvalue weighted by atomic mass is 14.9. The Morgan fingerprint density at radius 2 is 1.27 bits per heavy atom. The summed E-state index contributed by atoms with van der Waals surface area (Å²) in [4.78, 5) is 0. The molecule has 14 bridgehead atoms. The van der Waals surface area contributed by atoms with E-state index in [2.05, 4.69) is 19.2 Å². The van der Waals surface area contributed by atoms with Gasteiger partial charge in [0.2, 0.25) is 0 Å². The van der Waals surface area contributed by atoms with Crippen molar-refractivity contribution in [3.63, 3.8) is 0 Å². The van der Waals surface area contributed by atoms with Crippen LogP contribution in [-0.2, 0) is 0 Å². The number of rotatable bonds is 2. The van der Waals surface area contributed by atoms with Crippen LogP contribution in [0.3, 0.4) is 0 Å². The predicted octanol–water partition coefficient (Wildman–Crippen LogP) is 5.71. The highest BCUT2D eigenvalue weighted by molar-refractivity contribution is 5.39. The largest absolute Gasteiger partial charge is 0.0988 e. The molecule has 0 N–H and O–H groups in total. The first-order valence-electron chi connectivity index (χ1n) is 11.9. The second-order valence-corrected chi connectivity index (χ2v) is 13.1. The first kappa shape index (κ1) is 13.6. The Balaban J connectivity index is 1.34. The maximum absolute atomic E-state index is 4.59. The lowest BCUT2D eigenvalue weighted by Gasteiger charge is -2.92. The Morgan fingerprint density at radius 3 is 1.92 bits per heavy atom. The van der Waals surface area contributed by atoms with E-state index in [4.69, 9.17) is 0 Å². The topological polar surface area (TPSA) is 0 Å². The van der Waals surface area contributed by atoms with E-state index in [1.807, 2.05) is 0 Å². The first-order valence-corrected chi connectivity index (χ1v) is 11.9. The van der Waals surface area contributed by atoms with Gasteiger partial charge in [-0.3, -0.25) is 0 Å². The molecule has 0 saturated heterocycles. The summed E-state index contributed by atoms with van der Waals surface area (Å²) >= 11 is 0. The van der Waals surface area contributed by atoms with Crippen molar-refractivity contribution < 1.29 is 0 Å². The quantitative estimate of drug-likeness (QED) is 0.563. The van der Waals surface area contributed by atoms with Crippen LogP contribution in [0.4, 0.5) is 0 Å². The van der Waals surface area contributed by atoms with Crippen molar-refractivity contribution in [1.29, 1.82) is 0 Å². The van der Waals surface area contributed by atoms with Gasteiger partial charge >= 0.3 is 0 Å². The summed E-state index contributed by atoms with van der Waals surface area (Å²) in [6, 6.07) is 0. The van der Waals surface area contributed by atoms with Crippen LogP contribution in [0, 0.1) is 81.3 Å². The average molecular weight is 345 g/mol. The van der Waals surface area contributed by atoms with E-state index in [1.54, 1.807) is 38.5 Å². The van der Waals surface area contributed by atoms with Gasteiger partial charge in [0.25, 0.3) is 0 Å². The lowest BCUT2D eigenvalue weighted by atomic mass is 9.12. The fraction of sp³-hybridized carbons (Fsp3) is 0.846. The summed E-state index contributed by atoms with van der Waals surface area (Å²) in [6.45, 7) is 8.77. The zero-order chi connectivity index (χ0) is 16.8. The van der Waals surface area contributed by atoms with Gasteiger partial charge in [-0.1, -0.05) is 19.2 Å². The molecular formula is C26H32. The van der Waals surface area contributed by atoms with E-state index in [1.165, 1.54) is 42.1 Å². The molecule has 0 aromatic heterocycles. The van der Waals surface area contributed by atoms with Gasteiger partial charge in [-0.05, 0) is 138 Å². The molecule has 13 fully saturated rings. The van der Waals surface area contributed by atoms with Crippen molar-refractivity contribution in [2.24, 2.45) is 81.3 Å². The van der Waals surface area contributed by atoms with Crippen molar-refractivity contribution in [3.05, 3.63) is 24.8 Å². The molecule has 0 heterocycles. The number of hydrogen-bond donors (Lipinski definition) is 0. The fourth-order valence-electron chi connectivity index (χ4n) is 14.2. The zero-order valence-electron chi connectivity index (χ0n) is 16.0. The smallest absolute Gasteiger partial charge is 0.00419 e. The van der Waals surface area contributed by atoms with Crippen LogP contribution in [0.2, 0.25) is 0 Å². The second-order valence-electron chi connectivity index (χ2n) is 13.1. The van der Waals surface area contributed by atoms with Gasteiger partial charge in [-0.2, -0.15) is 0 Å². The van der Waals surface area contributed by atoms with E-state index in [0.717, 1.165) is 52.3 Å². The van der Waals surface area contributed by atoms with Crippen LogP contribution in [0.5, 0.6) is 0 Å². The molecule has 13 aliphatic carbocycles. The molecule has 14 atom stereocenters. The third-order valence-electron chi connectivity index (χ3n) is 13.4. The van der Waals surface area contributed by atoms with Crippen LogP contribution < -0.4 is 0 Å². The van der Waals surface area contributed by atoms with Crippen LogP contribution in [0.25, 0.3) is 0 Å². The fourth-order valence-corrected chi connectivity index (χ4v) is 14.2. The van der Waals surface area contributed by atoms with E-state index >= 15 is 0 Å². The Kier molecular flexibility index (Phi) is 1.81. The molecule has 2 spiro atoms. The molecular weight excluding hydrogens is 312 g/mol. The summed E-state index contributed by atoms with van der Waals surface area (Å²) in [5.41, 5.74) is 3.57. The Bertz CT molecular complexity index is 776. The molecule has 0 nitrogen and oxygen atoms in total. The molecule has 13 saturated carbocycles. The second kappa shape index (κ2) is 3.46. The average Bonchev–Trinajstić information content (AvgIpc) is 2.65. The van der Waals surface area contributed by atoms with Gasteiger partial charge in [0, 0.05) is 0 Å². The number of allylic oxidation sites excluding steroid dienone is 2. The van der Waals surface area contributed by atoms with E-state index in [0.29, 0.717) is 5.41 Å². The van der Waals surface area contributed by atoms with Crippen molar-refractivity contribution in [1.82, 2.24) is 0 Å². The molecule has 0 aliphatic heterocycles. The minimum absolute atomic E-state index is 0.480. The van der Waals surface area contributed by atoms with Gasteiger partial charge < -0.3 is 0 Å². The van der Waals surface area contributed by atoms with Crippen molar-refractivity contribution in [2.45, 2.75) is 51.4 Å². The Morgan fingerprint density at radius 1 is 0.692 bits per heavy atom. The van der Waals surface area contributed by atoms with Crippen molar-refractivity contribution in [3.8, 4) is 0 Å². The van der Waals surface area contributed by atoms with Crippen LogP contribution in [0.1, 0.15) is 51.4 Å². The van der Waals surface area contributed by atoms with Gasteiger partial charge in [0.15, 0.2) is 0 Å². The van der Waals surface area contributed by atoms with Crippen molar-refractivity contribution >= 4 is 0 Å². The van der Waals surface area contributed by atoms with E-state index in [9.17, 15) is 0 Å². The van der Waals surface area contributed by atoms with E-state index < -0.39 is 0 Å². The maximum Gasteiger partial charge on any atom is -0.00419 e. The van der Waals surface area contributed by atoms with Gasteiger partial charge in [-0.15, -0.1) is 0 Å². The summed E-state index contributed by atoms with van der Waals surface area (Å²) in [5.74, 6) is 12.7. The molecule has 0 aromatic rings. The molecule has 6 unspecified atom stereocenters. The third-order valence-corrected chi connectivity index (χ3v) is 13.4. The maximum atomic E-state index is 4.59. The zero-order valence-corrected chi connectivity index (χ0v) is 16.0. The monoisotopic (exact) mass is 344 g/mol. The standard InChI is InChI=1S/C26H32/c1-3-12(2)24-7-18-17-9-25-6-13-4-14-16-10-26(11-24,22(18)20(14)25)23(19(17)8-24)21(25)15(16)5-13/h3,13-23H,1-2,4-11H2/t13?,14-,15-,16?,17?,18+,19+,20-,21+,22+,23-,24?,25?,26?/m0/s1. The molecule has 13 rings (SSSR count).